The van der Waals surface area contributed by atoms with Crippen molar-refractivity contribution in [1.82, 2.24) is 4.98 Å². The van der Waals surface area contributed by atoms with Crippen LogP contribution in [0.2, 0.25) is 0 Å². The fourth-order valence-corrected chi connectivity index (χ4v) is 1.83. The number of nitrogens with one attached hydrogen (secondary N) is 1. The number of aromatic nitrogens is 1. The molecule has 2 aromatic rings. The number of ether oxygens (including phenoxy) is 1. The van der Waals surface area contributed by atoms with Gasteiger partial charge in [0.1, 0.15) is 5.75 Å². The van der Waals surface area contributed by atoms with Crippen LogP contribution in [0, 0.1) is 0 Å². The summed E-state index contributed by atoms with van der Waals surface area (Å²) in [5.74, 6) is 0.893. The van der Waals surface area contributed by atoms with Gasteiger partial charge in [0.2, 0.25) is 0 Å². The molecule has 0 saturated carbocycles. The number of pyridine rings is 1. The standard InChI is InChI=1S/C15H18N2O/c1-3-18-15-6-4-5-14(11-15)17-12(2)13-7-9-16-10-8-13/h4-12,17H,3H2,1-2H3. The molecular formula is C15H18N2O. The first-order valence-corrected chi connectivity index (χ1v) is 6.19. The van der Waals surface area contributed by atoms with Crippen LogP contribution in [0.3, 0.4) is 0 Å². The molecule has 0 spiro atoms. The van der Waals surface area contributed by atoms with Crippen LogP contribution < -0.4 is 10.1 Å². The summed E-state index contributed by atoms with van der Waals surface area (Å²) in [5.41, 5.74) is 2.28. The number of hydrogen-bond donors (Lipinski definition) is 1. The Morgan fingerprint density at radius 3 is 2.72 bits per heavy atom. The highest BCUT2D eigenvalue weighted by Gasteiger charge is 2.05. The maximum atomic E-state index is 5.48. The number of anilines is 1. The minimum Gasteiger partial charge on any atom is -0.494 e. The Hall–Kier alpha value is -2.03. The van der Waals surface area contributed by atoms with Crippen molar-refractivity contribution in [2.24, 2.45) is 0 Å². The highest BCUT2D eigenvalue weighted by Crippen LogP contribution is 2.22. The van der Waals surface area contributed by atoms with Crippen molar-refractivity contribution in [2.75, 3.05) is 11.9 Å². The summed E-state index contributed by atoms with van der Waals surface area (Å²) < 4.78 is 5.48. The molecule has 94 valence electrons. The molecule has 0 aliphatic rings. The van der Waals surface area contributed by atoms with Crippen molar-refractivity contribution in [3.05, 3.63) is 54.4 Å². The average Bonchev–Trinajstić information content (AvgIpc) is 2.40. The molecule has 18 heavy (non-hydrogen) atoms. The lowest BCUT2D eigenvalue weighted by Crippen LogP contribution is -2.06. The molecule has 1 heterocycles. The van der Waals surface area contributed by atoms with E-state index in [0.29, 0.717) is 6.61 Å². The molecule has 0 amide bonds. The van der Waals surface area contributed by atoms with E-state index in [1.165, 1.54) is 5.56 Å². The summed E-state index contributed by atoms with van der Waals surface area (Å²) in [6.45, 7) is 4.80. The highest BCUT2D eigenvalue weighted by atomic mass is 16.5. The van der Waals surface area contributed by atoms with Crippen LogP contribution in [0.15, 0.2) is 48.8 Å². The molecule has 3 heteroatoms. The molecule has 0 bridgehead atoms. The Bertz CT molecular complexity index is 485. The third-order valence-electron chi connectivity index (χ3n) is 2.73. The van der Waals surface area contributed by atoms with Gasteiger partial charge in [0.25, 0.3) is 0 Å². The minimum absolute atomic E-state index is 0.241. The van der Waals surface area contributed by atoms with Gasteiger partial charge in [0.15, 0.2) is 0 Å². The Morgan fingerprint density at radius 1 is 1.22 bits per heavy atom. The summed E-state index contributed by atoms with van der Waals surface area (Å²) in [6, 6.07) is 12.3. The molecule has 0 aliphatic heterocycles. The van der Waals surface area contributed by atoms with Crippen LogP contribution in [-0.2, 0) is 0 Å². The number of rotatable bonds is 5. The van der Waals surface area contributed by atoms with Crippen molar-refractivity contribution < 1.29 is 4.74 Å². The summed E-state index contributed by atoms with van der Waals surface area (Å²) in [5, 5.41) is 3.45. The van der Waals surface area contributed by atoms with Gasteiger partial charge in [-0.1, -0.05) is 6.07 Å². The van der Waals surface area contributed by atoms with E-state index in [1.807, 2.05) is 55.7 Å². The lowest BCUT2D eigenvalue weighted by Gasteiger charge is -2.16. The van der Waals surface area contributed by atoms with Gasteiger partial charge >= 0.3 is 0 Å². The van der Waals surface area contributed by atoms with Gasteiger partial charge in [0.05, 0.1) is 6.61 Å². The monoisotopic (exact) mass is 242 g/mol. The Labute approximate surface area is 108 Å². The Kier molecular flexibility index (Phi) is 4.18. The summed E-state index contributed by atoms with van der Waals surface area (Å²) in [7, 11) is 0. The smallest absolute Gasteiger partial charge is 0.121 e. The first-order chi connectivity index (χ1) is 8.79. The predicted octanol–water partition coefficient (Wildman–Crippen LogP) is 3.65. The second-order valence-corrected chi connectivity index (χ2v) is 4.11. The van der Waals surface area contributed by atoms with Crippen LogP contribution in [0.25, 0.3) is 0 Å². The summed E-state index contributed by atoms with van der Waals surface area (Å²) in [6.07, 6.45) is 3.62. The Morgan fingerprint density at radius 2 is 2.00 bits per heavy atom. The van der Waals surface area contributed by atoms with E-state index in [-0.39, 0.29) is 6.04 Å². The molecule has 0 saturated heterocycles. The lowest BCUT2D eigenvalue weighted by molar-refractivity contribution is 0.340. The molecule has 1 aromatic carbocycles. The zero-order valence-electron chi connectivity index (χ0n) is 10.8. The van der Waals surface area contributed by atoms with Gasteiger partial charge < -0.3 is 10.1 Å². The molecular weight excluding hydrogens is 224 g/mol. The van der Waals surface area contributed by atoms with Crippen molar-refractivity contribution in [1.29, 1.82) is 0 Å². The fraction of sp³-hybridized carbons (Fsp3) is 0.267. The van der Waals surface area contributed by atoms with Gasteiger partial charge in [-0.15, -0.1) is 0 Å². The van der Waals surface area contributed by atoms with Crippen molar-refractivity contribution >= 4 is 5.69 Å². The third kappa shape index (κ3) is 3.23. The number of hydrogen-bond acceptors (Lipinski definition) is 3. The average molecular weight is 242 g/mol. The van der Waals surface area contributed by atoms with Crippen LogP contribution in [0.1, 0.15) is 25.5 Å². The first kappa shape index (κ1) is 12.4. The van der Waals surface area contributed by atoms with E-state index >= 15 is 0 Å². The van der Waals surface area contributed by atoms with Gasteiger partial charge in [-0.05, 0) is 43.7 Å². The number of benzene rings is 1. The van der Waals surface area contributed by atoms with Crippen molar-refractivity contribution in [2.45, 2.75) is 19.9 Å². The highest BCUT2D eigenvalue weighted by molar-refractivity contribution is 5.49. The molecule has 1 N–H and O–H groups in total. The van der Waals surface area contributed by atoms with Gasteiger partial charge in [-0.3, -0.25) is 4.98 Å². The van der Waals surface area contributed by atoms with Crippen LogP contribution in [0.4, 0.5) is 5.69 Å². The van der Waals surface area contributed by atoms with Gasteiger partial charge in [0, 0.05) is 30.2 Å². The van der Waals surface area contributed by atoms with E-state index in [9.17, 15) is 0 Å². The lowest BCUT2D eigenvalue weighted by atomic mass is 10.1. The van der Waals surface area contributed by atoms with Crippen LogP contribution in [0.5, 0.6) is 5.75 Å². The summed E-state index contributed by atoms with van der Waals surface area (Å²) in [4.78, 5) is 4.03. The maximum absolute atomic E-state index is 5.48. The van der Waals surface area contributed by atoms with E-state index in [4.69, 9.17) is 4.74 Å². The van der Waals surface area contributed by atoms with Crippen LogP contribution in [-0.4, -0.2) is 11.6 Å². The van der Waals surface area contributed by atoms with Gasteiger partial charge in [-0.2, -0.15) is 0 Å². The van der Waals surface area contributed by atoms with Crippen molar-refractivity contribution in [3.8, 4) is 5.75 Å². The van der Waals surface area contributed by atoms with Crippen LogP contribution >= 0.6 is 0 Å². The minimum atomic E-state index is 0.241. The number of nitrogens with zero attached hydrogens (tertiary/aromatic N) is 1. The molecule has 0 fully saturated rings. The molecule has 1 aromatic heterocycles. The topological polar surface area (TPSA) is 34.1 Å². The molecule has 0 aliphatic carbocycles. The van der Waals surface area contributed by atoms with Crippen molar-refractivity contribution in [3.63, 3.8) is 0 Å². The fourth-order valence-electron chi connectivity index (χ4n) is 1.83. The third-order valence-corrected chi connectivity index (χ3v) is 2.73. The largest absolute Gasteiger partial charge is 0.494 e. The maximum Gasteiger partial charge on any atom is 0.121 e. The summed E-state index contributed by atoms with van der Waals surface area (Å²) >= 11 is 0. The normalized spacial score (nSPS) is 11.9. The van der Waals surface area contributed by atoms with E-state index in [0.717, 1.165) is 11.4 Å². The van der Waals surface area contributed by atoms with E-state index in [1.54, 1.807) is 0 Å². The molecule has 3 nitrogen and oxygen atoms in total. The SMILES string of the molecule is CCOc1cccc(NC(C)c2ccncc2)c1. The van der Waals surface area contributed by atoms with E-state index in [2.05, 4.69) is 17.2 Å². The second kappa shape index (κ2) is 6.05. The first-order valence-electron chi connectivity index (χ1n) is 6.19. The second-order valence-electron chi connectivity index (χ2n) is 4.11. The zero-order chi connectivity index (χ0) is 12.8. The quantitative estimate of drug-likeness (QED) is 0.869. The van der Waals surface area contributed by atoms with Gasteiger partial charge in [-0.25, -0.2) is 0 Å². The molecule has 0 radical (unpaired) electrons. The zero-order valence-corrected chi connectivity index (χ0v) is 10.8. The molecule has 2 rings (SSSR count). The Balaban J connectivity index is 2.07. The molecule has 1 unspecified atom stereocenters. The van der Waals surface area contributed by atoms with E-state index < -0.39 is 0 Å². The predicted molar refractivity (Wildman–Crippen MR) is 73.9 cm³/mol. The molecule has 1 atom stereocenters.